The summed E-state index contributed by atoms with van der Waals surface area (Å²) in [5.74, 6) is 0.0909. The number of hydrogen-bond acceptors (Lipinski definition) is 4. The van der Waals surface area contributed by atoms with Crippen LogP contribution in [0.1, 0.15) is 39.2 Å². The molecule has 0 unspecified atom stereocenters. The lowest BCUT2D eigenvalue weighted by atomic mass is 10.1. The average molecular weight is 345 g/mol. The smallest absolute Gasteiger partial charge is 0.414 e. The van der Waals surface area contributed by atoms with Gasteiger partial charge in [-0.15, -0.1) is 0 Å². The van der Waals surface area contributed by atoms with Crippen LogP contribution in [-0.2, 0) is 9.53 Å². The van der Waals surface area contributed by atoms with Gasteiger partial charge in [0.15, 0.2) is 0 Å². The Balaban J connectivity index is 1.92. The number of nitrogens with zero attached hydrogens (tertiary/aromatic N) is 2. The van der Waals surface area contributed by atoms with Crippen molar-refractivity contribution in [3.63, 3.8) is 0 Å². The van der Waals surface area contributed by atoms with Crippen molar-refractivity contribution in [2.24, 2.45) is 0 Å². The van der Waals surface area contributed by atoms with Gasteiger partial charge < -0.3 is 15.0 Å². The van der Waals surface area contributed by atoms with Crippen LogP contribution in [0.4, 0.5) is 16.2 Å². The molecule has 0 saturated carbocycles. The van der Waals surface area contributed by atoms with E-state index in [9.17, 15) is 9.59 Å². The molecule has 6 heteroatoms. The number of para-hydroxylation sites is 1. The number of carbonyl (C=O) groups excluding carboxylic acids is 2. The molecule has 2 aliphatic rings. The predicted octanol–water partition coefficient (Wildman–Crippen LogP) is 2.84. The van der Waals surface area contributed by atoms with Gasteiger partial charge in [-0.25, -0.2) is 4.79 Å². The summed E-state index contributed by atoms with van der Waals surface area (Å²) in [6.07, 6.45) is 1.52. The fraction of sp³-hybridized carbons (Fsp3) is 0.579. The lowest BCUT2D eigenvalue weighted by molar-refractivity contribution is -0.120. The fourth-order valence-corrected chi connectivity index (χ4v) is 3.46. The molecule has 1 N–H and O–H groups in total. The van der Waals surface area contributed by atoms with Crippen molar-refractivity contribution in [2.75, 3.05) is 29.4 Å². The van der Waals surface area contributed by atoms with E-state index in [-0.39, 0.29) is 18.0 Å². The van der Waals surface area contributed by atoms with Crippen LogP contribution in [0, 0.1) is 6.92 Å². The van der Waals surface area contributed by atoms with E-state index in [1.165, 1.54) is 0 Å². The van der Waals surface area contributed by atoms with E-state index in [0.717, 1.165) is 36.3 Å². The van der Waals surface area contributed by atoms with E-state index >= 15 is 0 Å². The molecule has 3 rings (SSSR count). The Hall–Kier alpha value is -2.08. The zero-order valence-electron chi connectivity index (χ0n) is 15.5. The van der Waals surface area contributed by atoms with Gasteiger partial charge in [0.25, 0.3) is 0 Å². The summed E-state index contributed by atoms with van der Waals surface area (Å²) >= 11 is 0. The molecule has 1 saturated heterocycles. The Kier molecular flexibility index (Phi) is 4.73. The highest BCUT2D eigenvalue weighted by Crippen LogP contribution is 2.37. The number of benzene rings is 1. The third-order valence-corrected chi connectivity index (χ3v) is 4.56. The number of carbonyl (C=O) groups is 2. The molecule has 0 bridgehead atoms. The normalized spacial score (nSPS) is 20.4. The second-order valence-corrected chi connectivity index (χ2v) is 7.71. The topological polar surface area (TPSA) is 61.9 Å². The highest BCUT2D eigenvalue weighted by Gasteiger charge is 2.36. The van der Waals surface area contributed by atoms with Gasteiger partial charge in [-0.05, 0) is 58.7 Å². The third-order valence-electron chi connectivity index (χ3n) is 4.56. The van der Waals surface area contributed by atoms with Crippen molar-refractivity contribution >= 4 is 23.4 Å². The van der Waals surface area contributed by atoms with Gasteiger partial charge in [0.1, 0.15) is 5.60 Å². The first-order chi connectivity index (χ1) is 11.8. The van der Waals surface area contributed by atoms with Crippen LogP contribution in [0.25, 0.3) is 0 Å². The Morgan fingerprint density at radius 3 is 2.56 bits per heavy atom. The summed E-state index contributed by atoms with van der Waals surface area (Å²) in [5, 5.41) is 3.27. The molecular formula is C19H27N3O3. The lowest BCUT2D eigenvalue weighted by Crippen LogP contribution is -2.52. The first-order valence-electron chi connectivity index (χ1n) is 8.93. The molecule has 0 radical (unpaired) electrons. The first-order valence-corrected chi connectivity index (χ1v) is 8.93. The summed E-state index contributed by atoms with van der Waals surface area (Å²) in [7, 11) is 0. The molecule has 2 aliphatic heterocycles. The molecule has 1 fully saturated rings. The second-order valence-electron chi connectivity index (χ2n) is 7.71. The van der Waals surface area contributed by atoms with E-state index in [2.05, 4.69) is 5.32 Å². The maximum atomic E-state index is 12.9. The van der Waals surface area contributed by atoms with E-state index in [1.807, 2.05) is 50.8 Å². The molecule has 0 spiro atoms. The summed E-state index contributed by atoms with van der Waals surface area (Å²) in [4.78, 5) is 29.0. The number of rotatable bonds is 1. The number of amides is 2. The Morgan fingerprint density at radius 2 is 1.92 bits per heavy atom. The van der Waals surface area contributed by atoms with Gasteiger partial charge in [0.05, 0.1) is 17.4 Å². The molecule has 25 heavy (non-hydrogen) atoms. The highest BCUT2D eigenvalue weighted by molar-refractivity contribution is 6.05. The standard InChI is InChI=1S/C19H27N3O3/c1-13-7-5-9-15-16(13)22(18(24)25-19(2,3)4)12-11-21(15)17(23)14-8-6-10-20-14/h5,7,9,14,20H,6,8,10-12H2,1-4H3/t14-/m0/s1. The zero-order valence-corrected chi connectivity index (χ0v) is 15.5. The monoisotopic (exact) mass is 345 g/mol. The molecular weight excluding hydrogens is 318 g/mol. The summed E-state index contributed by atoms with van der Waals surface area (Å²) in [5.41, 5.74) is 1.96. The zero-order chi connectivity index (χ0) is 18.2. The number of fused-ring (bicyclic) bond motifs is 1. The minimum Gasteiger partial charge on any atom is -0.443 e. The van der Waals surface area contributed by atoms with Crippen molar-refractivity contribution in [3.05, 3.63) is 23.8 Å². The van der Waals surface area contributed by atoms with Crippen molar-refractivity contribution in [2.45, 2.75) is 52.2 Å². The van der Waals surface area contributed by atoms with Gasteiger partial charge in [0.2, 0.25) is 5.91 Å². The third kappa shape index (κ3) is 3.63. The molecule has 1 aromatic rings. The van der Waals surface area contributed by atoms with Crippen LogP contribution in [0.2, 0.25) is 0 Å². The van der Waals surface area contributed by atoms with Crippen molar-refractivity contribution < 1.29 is 14.3 Å². The first kappa shape index (κ1) is 17.7. The van der Waals surface area contributed by atoms with Gasteiger partial charge in [-0.3, -0.25) is 9.69 Å². The SMILES string of the molecule is Cc1cccc2c1N(C(=O)OC(C)(C)C)CCN2C(=O)[C@@H]1CCCN1. The number of anilines is 2. The van der Waals surface area contributed by atoms with Crippen LogP contribution in [0.15, 0.2) is 18.2 Å². The molecule has 0 aliphatic carbocycles. The molecule has 6 nitrogen and oxygen atoms in total. The van der Waals surface area contributed by atoms with E-state index in [0.29, 0.717) is 13.1 Å². The minimum atomic E-state index is -0.555. The summed E-state index contributed by atoms with van der Waals surface area (Å²) in [6.45, 7) is 9.32. The quantitative estimate of drug-likeness (QED) is 0.850. The highest BCUT2D eigenvalue weighted by atomic mass is 16.6. The summed E-state index contributed by atoms with van der Waals surface area (Å²) < 4.78 is 5.56. The number of hydrogen-bond donors (Lipinski definition) is 1. The largest absolute Gasteiger partial charge is 0.443 e. The van der Waals surface area contributed by atoms with Gasteiger partial charge >= 0.3 is 6.09 Å². The molecule has 136 valence electrons. The van der Waals surface area contributed by atoms with Gasteiger partial charge in [-0.2, -0.15) is 0 Å². The fourth-order valence-electron chi connectivity index (χ4n) is 3.46. The number of ether oxygens (including phenoxy) is 1. The minimum absolute atomic E-state index is 0.0909. The average Bonchev–Trinajstić information content (AvgIpc) is 3.06. The van der Waals surface area contributed by atoms with Crippen LogP contribution in [0.3, 0.4) is 0 Å². The molecule has 2 amide bonds. The number of nitrogens with one attached hydrogen (secondary N) is 1. The second kappa shape index (κ2) is 6.67. The Labute approximate surface area is 149 Å². The number of aryl methyl sites for hydroxylation is 1. The molecule has 0 aromatic heterocycles. The van der Waals surface area contributed by atoms with Crippen molar-refractivity contribution in [3.8, 4) is 0 Å². The van der Waals surface area contributed by atoms with Crippen molar-refractivity contribution in [1.29, 1.82) is 0 Å². The van der Waals surface area contributed by atoms with E-state index in [4.69, 9.17) is 4.74 Å². The predicted molar refractivity (Wildman–Crippen MR) is 98.1 cm³/mol. The molecule has 2 heterocycles. The summed E-state index contributed by atoms with van der Waals surface area (Å²) in [6, 6.07) is 5.67. The van der Waals surface area contributed by atoms with Crippen LogP contribution < -0.4 is 15.1 Å². The van der Waals surface area contributed by atoms with Crippen LogP contribution in [-0.4, -0.2) is 43.3 Å². The van der Waals surface area contributed by atoms with Gasteiger partial charge in [-0.1, -0.05) is 12.1 Å². The van der Waals surface area contributed by atoms with Crippen LogP contribution >= 0.6 is 0 Å². The molecule has 1 aromatic carbocycles. The van der Waals surface area contributed by atoms with Crippen LogP contribution in [0.5, 0.6) is 0 Å². The maximum Gasteiger partial charge on any atom is 0.414 e. The van der Waals surface area contributed by atoms with Crippen molar-refractivity contribution in [1.82, 2.24) is 5.32 Å². The Morgan fingerprint density at radius 1 is 1.20 bits per heavy atom. The molecule has 1 atom stereocenters. The lowest BCUT2D eigenvalue weighted by Gasteiger charge is -2.38. The van der Waals surface area contributed by atoms with Gasteiger partial charge in [0, 0.05) is 13.1 Å². The van der Waals surface area contributed by atoms with E-state index < -0.39 is 5.60 Å². The maximum absolute atomic E-state index is 12.9. The Bertz CT molecular complexity index is 675. The van der Waals surface area contributed by atoms with E-state index in [1.54, 1.807) is 4.90 Å².